The smallest absolute Gasteiger partial charge is 0.191 e. The van der Waals surface area contributed by atoms with Gasteiger partial charge in [-0.2, -0.15) is 0 Å². The number of guanidine groups is 1. The van der Waals surface area contributed by atoms with Crippen LogP contribution in [0.2, 0.25) is 0 Å². The summed E-state index contributed by atoms with van der Waals surface area (Å²) in [6.45, 7) is 11.1. The molecule has 1 aromatic rings. The van der Waals surface area contributed by atoms with E-state index in [-0.39, 0.29) is 0 Å². The average molecular weight is 377 g/mol. The predicted octanol–water partition coefficient (Wildman–Crippen LogP) is 2.40. The molecular formula is C21H36N4O2. The number of nitrogens with one attached hydrogen (secondary N) is 2. The molecule has 1 heterocycles. The highest BCUT2D eigenvalue weighted by Gasteiger charge is 2.20. The van der Waals surface area contributed by atoms with Crippen molar-refractivity contribution in [2.24, 2.45) is 10.9 Å². The molecule has 3 N–H and O–H groups in total. The number of aliphatic hydroxyl groups is 1. The fourth-order valence-corrected chi connectivity index (χ4v) is 3.42. The van der Waals surface area contributed by atoms with Crippen LogP contribution in [0.25, 0.3) is 0 Å². The van der Waals surface area contributed by atoms with Gasteiger partial charge in [-0.05, 0) is 43.4 Å². The summed E-state index contributed by atoms with van der Waals surface area (Å²) in [6, 6.07) is 7.94. The number of likely N-dealkylation sites (tertiary alicyclic amines) is 1. The molecule has 0 aromatic heterocycles. The summed E-state index contributed by atoms with van der Waals surface area (Å²) in [5.74, 6) is 2.24. The lowest BCUT2D eigenvalue weighted by atomic mass is 10.0. The Hall–Kier alpha value is -1.79. The van der Waals surface area contributed by atoms with E-state index in [4.69, 9.17) is 4.74 Å². The molecule has 27 heavy (non-hydrogen) atoms. The highest BCUT2D eigenvalue weighted by Crippen LogP contribution is 2.19. The lowest BCUT2D eigenvalue weighted by Crippen LogP contribution is -2.49. The van der Waals surface area contributed by atoms with E-state index >= 15 is 0 Å². The van der Waals surface area contributed by atoms with Crippen LogP contribution < -0.4 is 15.4 Å². The predicted molar refractivity (Wildman–Crippen MR) is 111 cm³/mol. The van der Waals surface area contributed by atoms with E-state index in [2.05, 4.69) is 41.3 Å². The summed E-state index contributed by atoms with van der Waals surface area (Å²) >= 11 is 0. The second-order valence-corrected chi connectivity index (χ2v) is 7.63. The summed E-state index contributed by atoms with van der Waals surface area (Å²) in [5.41, 5.74) is 0.816. The summed E-state index contributed by atoms with van der Waals surface area (Å²) < 4.78 is 5.23. The Labute approximate surface area is 164 Å². The second-order valence-electron chi connectivity index (χ2n) is 7.63. The van der Waals surface area contributed by atoms with Gasteiger partial charge < -0.3 is 25.4 Å². The van der Waals surface area contributed by atoms with Crippen molar-refractivity contribution in [1.29, 1.82) is 0 Å². The van der Waals surface area contributed by atoms with Crippen molar-refractivity contribution in [2.45, 2.75) is 45.8 Å². The van der Waals surface area contributed by atoms with Gasteiger partial charge in [0, 0.05) is 32.2 Å². The number of nitrogens with zero attached hydrogens (tertiary/aromatic N) is 2. The van der Waals surface area contributed by atoms with Crippen LogP contribution >= 0.6 is 0 Å². The number of hydrogen-bond donors (Lipinski definition) is 3. The van der Waals surface area contributed by atoms with Crippen molar-refractivity contribution in [1.82, 2.24) is 15.5 Å². The van der Waals surface area contributed by atoms with Gasteiger partial charge >= 0.3 is 0 Å². The maximum absolute atomic E-state index is 10.5. The average Bonchev–Trinajstić information content (AvgIpc) is 2.67. The molecule has 6 heteroatoms. The Balaban J connectivity index is 1.88. The molecule has 152 valence electrons. The lowest BCUT2D eigenvalue weighted by Gasteiger charge is -2.34. The summed E-state index contributed by atoms with van der Waals surface area (Å²) in [7, 11) is 1.63. The summed E-state index contributed by atoms with van der Waals surface area (Å²) in [6.07, 6.45) is 1.59. The maximum atomic E-state index is 10.5. The maximum Gasteiger partial charge on any atom is 0.191 e. The lowest BCUT2D eigenvalue weighted by molar-refractivity contribution is 0.184. The third-order valence-corrected chi connectivity index (χ3v) is 4.80. The normalized spacial score (nSPS) is 17.8. The summed E-state index contributed by atoms with van der Waals surface area (Å²) in [4.78, 5) is 7.14. The zero-order valence-electron chi connectivity index (χ0n) is 17.2. The molecule has 1 aromatic carbocycles. The standard InChI is InChI=1S/C21H36N4O2/c1-5-22-21(24-18-9-11-25(12-10-18)15-16(2)3)23-14-20(26)17-7-6-8-19(13-17)27-4/h6-8,13,16,18,20,26H,5,9-12,14-15H2,1-4H3,(H2,22,23,24). The number of methoxy groups -OCH3 is 1. The number of aliphatic hydroxyl groups excluding tert-OH is 1. The molecule has 1 saturated heterocycles. The highest BCUT2D eigenvalue weighted by molar-refractivity contribution is 5.80. The molecule has 1 aliphatic heterocycles. The van der Waals surface area contributed by atoms with E-state index < -0.39 is 6.10 Å². The quantitative estimate of drug-likeness (QED) is 0.480. The number of ether oxygens (including phenoxy) is 1. The van der Waals surface area contributed by atoms with Crippen LogP contribution in [-0.4, -0.2) is 61.8 Å². The molecule has 1 atom stereocenters. The summed E-state index contributed by atoms with van der Waals surface area (Å²) in [5, 5.41) is 17.3. The first-order valence-electron chi connectivity index (χ1n) is 10.1. The largest absolute Gasteiger partial charge is 0.497 e. The van der Waals surface area contributed by atoms with E-state index in [1.807, 2.05) is 24.3 Å². The van der Waals surface area contributed by atoms with E-state index in [0.29, 0.717) is 18.5 Å². The number of benzene rings is 1. The topological polar surface area (TPSA) is 69.1 Å². The van der Waals surface area contributed by atoms with Crippen molar-refractivity contribution in [3.63, 3.8) is 0 Å². The zero-order chi connectivity index (χ0) is 19.6. The van der Waals surface area contributed by atoms with Gasteiger partial charge in [-0.3, -0.25) is 4.99 Å². The van der Waals surface area contributed by atoms with Crippen molar-refractivity contribution in [3.05, 3.63) is 29.8 Å². The van der Waals surface area contributed by atoms with Gasteiger partial charge in [-0.15, -0.1) is 0 Å². The van der Waals surface area contributed by atoms with Crippen LogP contribution in [0, 0.1) is 5.92 Å². The van der Waals surface area contributed by atoms with Crippen molar-refractivity contribution in [2.75, 3.05) is 39.8 Å². The van der Waals surface area contributed by atoms with Crippen LogP contribution in [0.4, 0.5) is 0 Å². The van der Waals surface area contributed by atoms with E-state index in [1.54, 1.807) is 7.11 Å². The van der Waals surface area contributed by atoms with Crippen molar-refractivity contribution >= 4 is 5.96 Å². The Morgan fingerprint density at radius 3 is 2.70 bits per heavy atom. The molecule has 0 amide bonds. The first kappa shape index (κ1) is 21.5. The van der Waals surface area contributed by atoms with E-state index in [9.17, 15) is 5.11 Å². The molecule has 6 nitrogen and oxygen atoms in total. The monoisotopic (exact) mass is 376 g/mol. The van der Waals surface area contributed by atoms with Crippen LogP contribution in [0.5, 0.6) is 5.75 Å². The number of hydrogen-bond acceptors (Lipinski definition) is 4. The Kier molecular flexibility index (Phi) is 8.88. The van der Waals surface area contributed by atoms with Crippen LogP contribution in [0.15, 0.2) is 29.3 Å². The van der Waals surface area contributed by atoms with Crippen molar-refractivity contribution < 1.29 is 9.84 Å². The Morgan fingerprint density at radius 1 is 1.33 bits per heavy atom. The zero-order valence-corrected chi connectivity index (χ0v) is 17.2. The van der Waals surface area contributed by atoms with Gasteiger partial charge in [0.05, 0.1) is 19.8 Å². The molecule has 0 aliphatic carbocycles. The minimum absolute atomic E-state index is 0.314. The third kappa shape index (κ3) is 7.39. The second kappa shape index (κ2) is 11.1. The molecule has 1 fully saturated rings. The third-order valence-electron chi connectivity index (χ3n) is 4.80. The van der Waals surface area contributed by atoms with Gasteiger partial charge in [0.15, 0.2) is 5.96 Å². The SMILES string of the molecule is CCNC(=NCC(O)c1cccc(OC)c1)NC1CCN(CC(C)C)CC1. The van der Waals surface area contributed by atoms with E-state index in [1.165, 1.54) is 6.54 Å². The first-order valence-corrected chi connectivity index (χ1v) is 10.1. The number of piperidine rings is 1. The van der Waals surface area contributed by atoms with Crippen LogP contribution in [-0.2, 0) is 0 Å². The highest BCUT2D eigenvalue weighted by atomic mass is 16.5. The van der Waals surface area contributed by atoms with Gasteiger partial charge in [-0.1, -0.05) is 26.0 Å². The van der Waals surface area contributed by atoms with Crippen molar-refractivity contribution in [3.8, 4) is 5.75 Å². The molecule has 0 radical (unpaired) electrons. The molecule has 1 aliphatic rings. The van der Waals surface area contributed by atoms with Gasteiger partial charge in [0.1, 0.15) is 5.75 Å². The Morgan fingerprint density at radius 2 is 2.07 bits per heavy atom. The van der Waals surface area contributed by atoms with E-state index in [0.717, 1.165) is 49.7 Å². The van der Waals surface area contributed by atoms with Gasteiger partial charge in [-0.25, -0.2) is 0 Å². The van der Waals surface area contributed by atoms with Crippen LogP contribution in [0.1, 0.15) is 45.3 Å². The molecule has 2 rings (SSSR count). The number of rotatable bonds is 8. The number of aliphatic imine (C=N–C) groups is 1. The minimum Gasteiger partial charge on any atom is -0.497 e. The minimum atomic E-state index is -0.650. The van der Waals surface area contributed by atoms with Gasteiger partial charge in [0.25, 0.3) is 0 Å². The molecular weight excluding hydrogens is 340 g/mol. The Bertz CT molecular complexity index is 583. The molecule has 1 unspecified atom stereocenters. The fraction of sp³-hybridized carbons (Fsp3) is 0.667. The van der Waals surface area contributed by atoms with Gasteiger partial charge in [0.2, 0.25) is 0 Å². The molecule has 0 saturated carbocycles. The molecule has 0 bridgehead atoms. The molecule has 0 spiro atoms. The van der Waals surface area contributed by atoms with Crippen LogP contribution in [0.3, 0.4) is 0 Å². The fourth-order valence-electron chi connectivity index (χ4n) is 3.42. The first-order chi connectivity index (χ1) is 13.0.